The van der Waals surface area contributed by atoms with Crippen LogP contribution < -0.4 is 10.6 Å². The molecular formula is C15H23N7OS. The molecular weight excluding hydrogens is 326 g/mol. The maximum atomic E-state index is 5.10. The van der Waals surface area contributed by atoms with Crippen LogP contribution in [0.5, 0.6) is 0 Å². The fourth-order valence-corrected chi connectivity index (χ4v) is 3.43. The number of aliphatic imine (C=N–C) groups is 1. The molecule has 0 saturated heterocycles. The fraction of sp³-hybridized carbons (Fsp3) is 0.600. The van der Waals surface area contributed by atoms with Gasteiger partial charge < -0.3 is 15.4 Å². The van der Waals surface area contributed by atoms with E-state index >= 15 is 0 Å². The first-order valence-electron chi connectivity index (χ1n) is 7.97. The zero-order valence-electron chi connectivity index (χ0n) is 14.2. The van der Waals surface area contributed by atoms with Crippen LogP contribution in [0.3, 0.4) is 0 Å². The average molecular weight is 349 g/mol. The maximum Gasteiger partial charge on any atom is 0.191 e. The monoisotopic (exact) mass is 349 g/mol. The lowest BCUT2D eigenvalue weighted by molar-refractivity contribution is 0.177. The van der Waals surface area contributed by atoms with Gasteiger partial charge in [-0.2, -0.15) is 5.10 Å². The quantitative estimate of drug-likeness (QED) is 0.615. The molecule has 0 radical (unpaired) electrons. The van der Waals surface area contributed by atoms with Crippen molar-refractivity contribution in [1.29, 1.82) is 0 Å². The van der Waals surface area contributed by atoms with Crippen LogP contribution in [0.15, 0.2) is 10.5 Å². The number of guanidine groups is 1. The summed E-state index contributed by atoms with van der Waals surface area (Å²) in [6, 6.07) is 0.281. The minimum atomic E-state index is 0.281. The van der Waals surface area contributed by atoms with Crippen LogP contribution >= 0.6 is 11.3 Å². The second-order valence-corrected chi connectivity index (χ2v) is 6.67. The molecule has 1 aliphatic rings. The lowest BCUT2D eigenvalue weighted by Crippen LogP contribution is -2.46. The molecule has 1 aliphatic heterocycles. The molecule has 0 aromatic carbocycles. The van der Waals surface area contributed by atoms with Gasteiger partial charge in [-0.3, -0.25) is 4.99 Å². The smallest absolute Gasteiger partial charge is 0.191 e. The van der Waals surface area contributed by atoms with Crippen molar-refractivity contribution in [2.45, 2.75) is 45.5 Å². The van der Waals surface area contributed by atoms with Crippen LogP contribution in [-0.4, -0.2) is 45.9 Å². The Labute approximate surface area is 145 Å². The third kappa shape index (κ3) is 3.90. The number of fused-ring (bicyclic) bond motifs is 1. The molecule has 0 spiro atoms. The van der Waals surface area contributed by atoms with Crippen molar-refractivity contribution in [2.75, 3.05) is 14.2 Å². The molecule has 3 rings (SSSR count). The van der Waals surface area contributed by atoms with E-state index in [0.717, 1.165) is 49.2 Å². The van der Waals surface area contributed by atoms with Gasteiger partial charge in [-0.1, -0.05) is 0 Å². The van der Waals surface area contributed by atoms with Gasteiger partial charge in [0.1, 0.15) is 12.4 Å². The van der Waals surface area contributed by atoms with Crippen molar-refractivity contribution < 1.29 is 4.74 Å². The molecule has 0 aliphatic carbocycles. The van der Waals surface area contributed by atoms with Crippen LogP contribution in [0.4, 0.5) is 0 Å². The molecule has 1 atom stereocenters. The molecule has 3 heterocycles. The Kier molecular flexibility index (Phi) is 5.41. The predicted octanol–water partition coefficient (Wildman–Crippen LogP) is 0.869. The van der Waals surface area contributed by atoms with Crippen molar-refractivity contribution in [2.24, 2.45) is 4.99 Å². The summed E-state index contributed by atoms with van der Waals surface area (Å²) in [5.41, 5.74) is 2.94. The third-order valence-corrected chi connectivity index (χ3v) is 4.94. The highest BCUT2D eigenvalue weighted by Crippen LogP contribution is 2.14. The molecule has 8 nitrogen and oxygen atoms in total. The fourth-order valence-electron chi connectivity index (χ4n) is 2.72. The Morgan fingerprint density at radius 2 is 2.42 bits per heavy atom. The second kappa shape index (κ2) is 7.71. The van der Waals surface area contributed by atoms with Crippen LogP contribution in [0, 0.1) is 6.92 Å². The summed E-state index contributed by atoms with van der Waals surface area (Å²) in [5, 5.41) is 11.3. The van der Waals surface area contributed by atoms with E-state index in [9.17, 15) is 0 Å². The number of aryl methyl sites for hydroxylation is 2. The number of nitrogens with zero attached hydrogens (tertiary/aromatic N) is 5. The molecule has 2 aromatic rings. The zero-order valence-corrected chi connectivity index (χ0v) is 15.1. The zero-order chi connectivity index (χ0) is 16.9. The number of aromatic nitrogens is 4. The van der Waals surface area contributed by atoms with E-state index in [1.165, 1.54) is 4.88 Å². The normalized spacial score (nSPS) is 17.6. The molecule has 9 heteroatoms. The average Bonchev–Trinajstić information content (AvgIpc) is 3.16. The first kappa shape index (κ1) is 16.8. The van der Waals surface area contributed by atoms with Gasteiger partial charge in [0.15, 0.2) is 11.8 Å². The number of rotatable bonds is 5. The summed E-state index contributed by atoms with van der Waals surface area (Å²) in [4.78, 5) is 14.3. The molecule has 1 unspecified atom stereocenters. The number of hydrogen-bond acceptors (Lipinski definition) is 6. The number of nitrogens with one attached hydrogen (secondary N) is 2. The standard InChI is InChI=1S/C15H23N7OS/c1-10-12(24-9-18-10)6-17-15(16-2)19-11-4-5-14-20-13(8-23-3)21-22(14)7-11/h9,11H,4-8H2,1-3H3,(H2,16,17,19). The number of methoxy groups -OCH3 is 1. The minimum Gasteiger partial charge on any atom is -0.377 e. The van der Waals surface area contributed by atoms with Gasteiger partial charge in [0.05, 0.1) is 24.3 Å². The highest BCUT2D eigenvalue weighted by molar-refractivity contribution is 7.09. The molecule has 0 bridgehead atoms. The summed E-state index contributed by atoms with van der Waals surface area (Å²) < 4.78 is 7.07. The summed E-state index contributed by atoms with van der Waals surface area (Å²) in [7, 11) is 3.44. The lowest BCUT2D eigenvalue weighted by atomic mass is 10.1. The Bertz CT molecular complexity index is 708. The largest absolute Gasteiger partial charge is 0.377 e. The molecule has 0 amide bonds. The Morgan fingerprint density at radius 1 is 1.54 bits per heavy atom. The van der Waals surface area contributed by atoms with E-state index in [1.54, 1.807) is 25.5 Å². The van der Waals surface area contributed by atoms with Gasteiger partial charge in [0.2, 0.25) is 0 Å². The van der Waals surface area contributed by atoms with Crippen molar-refractivity contribution in [3.63, 3.8) is 0 Å². The van der Waals surface area contributed by atoms with Crippen LogP contribution in [0.25, 0.3) is 0 Å². The van der Waals surface area contributed by atoms with E-state index < -0.39 is 0 Å². The van der Waals surface area contributed by atoms with E-state index in [2.05, 4.69) is 30.7 Å². The topological polar surface area (TPSA) is 89.2 Å². The van der Waals surface area contributed by atoms with Gasteiger partial charge in [-0.05, 0) is 13.3 Å². The van der Waals surface area contributed by atoms with Crippen molar-refractivity contribution in [3.05, 3.63) is 27.7 Å². The summed E-state index contributed by atoms with van der Waals surface area (Å²) in [5.74, 6) is 2.58. The number of thiazole rings is 1. The van der Waals surface area contributed by atoms with E-state index in [1.807, 2.05) is 17.1 Å². The first-order chi connectivity index (χ1) is 11.7. The number of ether oxygens (including phenoxy) is 1. The summed E-state index contributed by atoms with van der Waals surface area (Å²) >= 11 is 1.66. The Balaban J connectivity index is 1.55. The summed E-state index contributed by atoms with van der Waals surface area (Å²) in [6.45, 7) is 3.99. The molecule has 0 saturated carbocycles. The van der Waals surface area contributed by atoms with E-state index in [4.69, 9.17) is 4.74 Å². The SMILES string of the molecule is CN=C(NCc1scnc1C)NC1CCc2nc(COC)nn2C1. The van der Waals surface area contributed by atoms with Crippen LogP contribution in [0.2, 0.25) is 0 Å². The van der Waals surface area contributed by atoms with E-state index in [0.29, 0.717) is 6.61 Å². The third-order valence-electron chi connectivity index (χ3n) is 4.00. The van der Waals surface area contributed by atoms with Crippen molar-refractivity contribution >= 4 is 17.3 Å². The van der Waals surface area contributed by atoms with Crippen LogP contribution in [-0.2, 0) is 30.9 Å². The molecule has 2 aromatic heterocycles. The van der Waals surface area contributed by atoms with Crippen LogP contribution in [0.1, 0.15) is 28.6 Å². The predicted molar refractivity (Wildman–Crippen MR) is 93.0 cm³/mol. The molecule has 24 heavy (non-hydrogen) atoms. The highest BCUT2D eigenvalue weighted by atomic mass is 32.1. The van der Waals surface area contributed by atoms with Crippen molar-refractivity contribution in [3.8, 4) is 0 Å². The van der Waals surface area contributed by atoms with Gasteiger partial charge in [0.25, 0.3) is 0 Å². The summed E-state index contributed by atoms with van der Waals surface area (Å²) in [6.07, 6.45) is 1.91. The van der Waals surface area contributed by atoms with Gasteiger partial charge in [0, 0.05) is 31.5 Å². The Morgan fingerprint density at radius 3 is 3.12 bits per heavy atom. The molecule has 130 valence electrons. The lowest BCUT2D eigenvalue weighted by Gasteiger charge is -2.25. The molecule has 2 N–H and O–H groups in total. The molecule has 0 fully saturated rings. The van der Waals surface area contributed by atoms with Gasteiger partial charge in [-0.25, -0.2) is 14.6 Å². The number of hydrogen-bond donors (Lipinski definition) is 2. The second-order valence-electron chi connectivity index (χ2n) is 5.73. The first-order valence-corrected chi connectivity index (χ1v) is 8.85. The van der Waals surface area contributed by atoms with Crippen molar-refractivity contribution in [1.82, 2.24) is 30.4 Å². The Hall–Kier alpha value is -2.00. The minimum absolute atomic E-state index is 0.281. The highest BCUT2D eigenvalue weighted by Gasteiger charge is 2.22. The van der Waals surface area contributed by atoms with Gasteiger partial charge in [-0.15, -0.1) is 11.3 Å². The maximum absolute atomic E-state index is 5.10. The van der Waals surface area contributed by atoms with E-state index in [-0.39, 0.29) is 6.04 Å². The van der Waals surface area contributed by atoms with Gasteiger partial charge >= 0.3 is 0 Å².